The number of aromatic nitrogens is 4. The Kier molecular flexibility index (Phi) is 3.21. The van der Waals surface area contributed by atoms with Crippen molar-refractivity contribution in [3.63, 3.8) is 0 Å². The van der Waals surface area contributed by atoms with Gasteiger partial charge >= 0.3 is 0 Å². The van der Waals surface area contributed by atoms with E-state index in [1.807, 2.05) is 13.1 Å². The van der Waals surface area contributed by atoms with Crippen LogP contribution in [0.5, 0.6) is 0 Å². The minimum absolute atomic E-state index is 0.567. The predicted molar refractivity (Wildman–Crippen MR) is 85.0 cm³/mol. The van der Waals surface area contributed by atoms with Crippen LogP contribution in [-0.4, -0.2) is 26.8 Å². The summed E-state index contributed by atoms with van der Waals surface area (Å²) in [4.78, 5) is 8.92. The molecular formula is C15H18N6. The zero-order valence-corrected chi connectivity index (χ0v) is 12.6. The lowest BCUT2D eigenvalue weighted by Gasteiger charge is -2.10. The lowest BCUT2D eigenvalue weighted by atomic mass is 10.1. The summed E-state index contributed by atoms with van der Waals surface area (Å²) in [5, 5.41) is 11.5. The normalized spacial score (nSPS) is 10.9. The number of aryl methyl sites for hydroxylation is 3. The van der Waals surface area contributed by atoms with Gasteiger partial charge in [0.05, 0.1) is 11.6 Å². The highest BCUT2D eigenvalue weighted by atomic mass is 15.3. The first-order valence-corrected chi connectivity index (χ1v) is 6.80. The van der Waals surface area contributed by atoms with Gasteiger partial charge in [-0.25, -0.2) is 0 Å². The van der Waals surface area contributed by atoms with Crippen LogP contribution in [0.25, 0.3) is 11.0 Å². The third-order valence-electron chi connectivity index (χ3n) is 3.59. The van der Waals surface area contributed by atoms with Crippen molar-refractivity contribution in [2.75, 3.05) is 17.7 Å². The van der Waals surface area contributed by atoms with Crippen molar-refractivity contribution in [1.82, 2.24) is 19.7 Å². The summed E-state index contributed by atoms with van der Waals surface area (Å²) < 4.78 is 1.74. The lowest BCUT2D eigenvalue weighted by molar-refractivity contribution is 0.786. The van der Waals surface area contributed by atoms with Crippen molar-refractivity contribution in [2.45, 2.75) is 13.8 Å². The average molecular weight is 282 g/mol. The molecule has 0 aliphatic carbocycles. The molecule has 0 fully saturated rings. The second-order valence-electron chi connectivity index (χ2n) is 5.08. The van der Waals surface area contributed by atoms with E-state index in [9.17, 15) is 0 Å². The fourth-order valence-corrected chi connectivity index (χ4v) is 2.19. The van der Waals surface area contributed by atoms with E-state index in [2.05, 4.69) is 51.7 Å². The molecule has 2 heterocycles. The predicted octanol–water partition coefficient (Wildman–Crippen LogP) is 2.77. The Hall–Kier alpha value is -2.63. The molecule has 6 heteroatoms. The van der Waals surface area contributed by atoms with Crippen molar-refractivity contribution in [1.29, 1.82) is 0 Å². The molecule has 0 bridgehead atoms. The van der Waals surface area contributed by atoms with Gasteiger partial charge in [-0.05, 0) is 37.1 Å². The van der Waals surface area contributed by atoms with Crippen LogP contribution < -0.4 is 10.6 Å². The van der Waals surface area contributed by atoms with Gasteiger partial charge in [0.1, 0.15) is 5.82 Å². The molecule has 0 saturated heterocycles. The minimum Gasteiger partial charge on any atom is -0.357 e. The van der Waals surface area contributed by atoms with Gasteiger partial charge in [-0.15, -0.1) is 0 Å². The van der Waals surface area contributed by atoms with Crippen molar-refractivity contribution in [3.8, 4) is 0 Å². The highest BCUT2D eigenvalue weighted by Crippen LogP contribution is 2.25. The van der Waals surface area contributed by atoms with Crippen LogP contribution >= 0.6 is 0 Å². The van der Waals surface area contributed by atoms with Crippen LogP contribution in [0.3, 0.4) is 0 Å². The smallest absolute Gasteiger partial charge is 0.226 e. The van der Waals surface area contributed by atoms with E-state index < -0.39 is 0 Å². The van der Waals surface area contributed by atoms with Gasteiger partial charge < -0.3 is 10.6 Å². The lowest BCUT2D eigenvalue weighted by Crippen LogP contribution is -2.03. The molecule has 0 amide bonds. The second-order valence-corrected chi connectivity index (χ2v) is 5.08. The van der Waals surface area contributed by atoms with Gasteiger partial charge in [0.15, 0.2) is 5.65 Å². The fraction of sp³-hybridized carbons (Fsp3) is 0.267. The van der Waals surface area contributed by atoms with Gasteiger partial charge in [-0.1, -0.05) is 6.07 Å². The average Bonchev–Trinajstić information content (AvgIpc) is 2.85. The van der Waals surface area contributed by atoms with Gasteiger partial charge in [0, 0.05) is 19.8 Å². The molecule has 3 aromatic rings. The van der Waals surface area contributed by atoms with E-state index >= 15 is 0 Å². The van der Waals surface area contributed by atoms with Crippen LogP contribution in [0, 0.1) is 13.8 Å². The Labute approximate surface area is 123 Å². The summed E-state index contributed by atoms with van der Waals surface area (Å²) >= 11 is 0. The first kappa shape index (κ1) is 13.4. The molecule has 0 radical (unpaired) electrons. The maximum atomic E-state index is 4.49. The molecule has 0 saturated carbocycles. The van der Waals surface area contributed by atoms with E-state index in [1.54, 1.807) is 17.9 Å². The minimum atomic E-state index is 0.567. The van der Waals surface area contributed by atoms with Crippen LogP contribution in [0.2, 0.25) is 0 Å². The number of benzene rings is 1. The highest BCUT2D eigenvalue weighted by molar-refractivity contribution is 5.89. The Balaban J connectivity index is 2.08. The number of anilines is 3. The summed E-state index contributed by atoms with van der Waals surface area (Å²) in [5.74, 6) is 1.32. The number of rotatable bonds is 3. The van der Waals surface area contributed by atoms with Crippen LogP contribution in [0.1, 0.15) is 11.1 Å². The molecule has 0 unspecified atom stereocenters. The maximum Gasteiger partial charge on any atom is 0.226 e. The van der Waals surface area contributed by atoms with Crippen molar-refractivity contribution < 1.29 is 0 Å². The van der Waals surface area contributed by atoms with Crippen LogP contribution in [0.4, 0.5) is 17.5 Å². The van der Waals surface area contributed by atoms with Crippen LogP contribution in [-0.2, 0) is 7.05 Å². The summed E-state index contributed by atoms with van der Waals surface area (Å²) in [5.41, 5.74) is 4.31. The highest BCUT2D eigenvalue weighted by Gasteiger charge is 2.11. The van der Waals surface area contributed by atoms with E-state index in [0.29, 0.717) is 5.95 Å². The number of hydrogen-bond donors (Lipinski definition) is 2. The quantitative estimate of drug-likeness (QED) is 0.773. The Bertz CT molecular complexity index is 805. The topological polar surface area (TPSA) is 67.7 Å². The molecule has 0 aliphatic heterocycles. The molecule has 3 rings (SSSR count). The maximum absolute atomic E-state index is 4.49. The first-order valence-electron chi connectivity index (χ1n) is 6.80. The summed E-state index contributed by atoms with van der Waals surface area (Å²) in [6.07, 6.45) is 1.78. The van der Waals surface area contributed by atoms with E-state index in [4.69, 9.17) is 0 Å². The molecule has 2 aromatic heterocycles. The van der Waals surface area contributed by atoms with Gasteiger partial charge in [-0.2, -0.15) is 15.1 Å². The Morgan fingerprint density at radius 2 is 1.90 bits per heavy atom. The third kappa shape index (κ3) is 2.40. The molecule has 0 atom stereocenters. The summed E-state index contributed by atoms with van der Waals surface area (Å²) in [6.45, 7) is 4.20. The Morgan fingerprint density at radius 3 is 2.62 bits per heavy atom. The molecule has 2 N–H and O–H groups in total. The first-order chi connectivity index (χ1) is 10.1. The largest absolute Gasteiger partial charge is 0.357 e. The number of fused-ring (bicyclic) bond motifs is 1. The zero-order chi connectivity index (χ0) is 15.0. The van der Waals surface area contributed by atoms with E-state index in [0.717, 1.165) is 22.5 Å². The Morgan fingerprint density at radius 1 is 1.10 bits per heavy atom. The SMILES string of the molecule is CNc1nc(Nc2ccc(C)c(C)c2)c2cnn(C)c2n1. The summed E-state index contributed by atoms with van der Waals surface area (Å²) in [6, 6.07) is 6.25. The molecule has 0 aliphatic rings. The standard InChI is InChI=1S/C15H18N6/c1-9-5-6-11(7-10(9)2)18-13-12-8-17-21(4)14(12)20-15(16-3)19-13/h5-8H,1-4H3,(H2,16,18,19,20). The fourth-order valence-electron chi connectivity index (χ4n) is 2.19. The van der Waals surface area contributed by atoms with E-state index in [1.165, 1.54) is 11.1 Å². The third-order valence-corrected chi connectivity index (χ3v) is 3.59. The zero-order valence-electron chi connectivity index (χ0n) is 12.6. The monoisotopic (exact) mass is 282 g/mol. The van der Waals surface area contributed by atoms with Gasteiger partial charge in [0.2, 0.25) is 5.95 Å². The number of nitrogens with zero attached hydrogens (tertiary/aromatic N) is 4. The molecule has 0 spiro atoms. The number of nitrogens with one attached hydrogen (secondary N) is 2. The molecule has 6 nitrogen and oxygen atoms in total. The number of hydrogen-bond acceptors (Lipinski definition) is 5. The van der Waals surface area contributed by atoms with Crippen LogP contribution in [0.15, 0.2) is 24.4 Å². The summed E-state index contributed by atoms with van der Waals surface area (Å²) in [7, 11) is 3.67. The van der Waals surface area contributed by atoms with Crippen molar-refractivity contribution >= 4 is 28.5 Å². The van der Waals surface area contributed by atoms with Gasteiger partial charge in [0.25, 0.3) is 0 Å². The molecular weight excluding hydrogens is 264 g/mol. The van der Waals surface area contributed by atoms with Gasteiger partial charge in [-0.3, -0.25) is 4.68 Å². The van der Waals surface area contributed by atoms with Crippen molar-refractivity contribution in [2.24, 2.45) is 7.05 Å². The van der Waals surface area contributed by atoms with Crippen molar-refractivity contribution in [3.05, 3.63) is 35.5 Å². The second kappa shape index (κ2) is 5.05. The molecule has 1 aromatic carbocycles. The molecule has 108 valence electrons. The molecule has 21 heavy (non-hydrogen) atoms. The van der Waals surface area contributed by atoms with E-state index in [-0.39, 0.29) is 0 Å².